The third kappa shape index (κ3) is 1.85. The summed E-state index contributed by atoms with van der Waals surface area (Å²) < 4.78 is 10.6. The predicted octanol–water partition coefficient (Wildman–Crippen LogP) is 4.35. The lowest BCUT2D eigenvalue weighted by Gasteiger charge is -2.38. The van der Waals surface area contributed by atoms with Crippen molar-refractivity contribution in [1.82, 2.24) is 0 Å². The average molecular weight is 269 g/mol. The van der Waals surface area contributed by atoms with Crippen molar-refractivity contribution >= 4 is 17.7 Å². The first-order valence-electron chi connectivity index (χ1n) is 7.10. The molecule has 0 N–H and O–H groups in total. The molecular formula is C15H27NOS. The fourth-order valence-corrected chi connectivity index (χ4v) is 5.53. The molecule has 0 aliphatic heterocycles. The molecule has 2 saturated carbocycles. The van der Waals surface area contributed by atoms with Crippen LogP contribution in [0, 0.1) is 16.7 Å². The van der Waals surface area contributed by atoms with Crippen molar-refractivity contribution in [3.63, 3.8) is 0 Å². The van der Waals surface area contributed by atoms with Gasteiger partial charge in [-0.1, -0.05) is 27.7 Å². The maximum Gasteiger partial charge on any atom is 0.0769 e. The number of fused-ring (bicyclic) bond motifs is 2. The summed E-state index contributed by atoms with van der Waals surface area (Å²) in [6, 6.07) is 0. The second kappa shape index (κ2) is 4.82. The van der Waals surface area contributed by atoms with E-state index in [1.165, 1.54) is 18.6 Å². The standard InChI is InChI=1S/C15H27NOS/c1-7-10(2)16-18-12-11-8-9-15(5,13(12)17-6)14(11,3)4/h11-13H,7-9H2,1-6H3/b16-10+/t11-,12?,13?,15+/m1/s1. The van der Waals surface area contributed by atoms with Crippen LogP contribution in [0.4, 0.5) is 0 Å². The molecule has 2 fully saturated rings. The van der Waals surface area contributed by atoms with E-state index in [-0.39, 0.29) is 0 Å². The van der Waals surface area contributed by atoms with Gasteiger partial charge in [-0.15, -0.1) is 0 Å². The van der Waals surface area contributed by atoms with Gasteiger partial charge < -0.3 is 4.74 Å². The Morgan fingerprint density at radius 2 is 2.06 bits per heavy atom. The molecule has 2 aliphatic rings. The highest BCUT2D eigenvalue weighted by Crippen LogP contribution is 2.68. The molecule has 2 nitrogen and oxygen atoms in total. The number of hydrogen-bond donors (Lipinski definition) is 0. The first-order valence-corrected chi connectivity index (χ1v) is 7.94. The smallest absolute Gasteiger partial charge is 0.0769 e. The monoisotopic (exact) mass is 269 g/mol. The van der Waals surface area contributed by atoms with E-state index >= 15 is 0 Å². The SMILES string of the molecule is CC/C(C)=N/SC1C(OC)[C@]2(C)CC[C@H]1C2(C)C. The van der Waals surface area contributed by atoms with Gasteiger partial charge in [0.05, 0.1) is 11.4 Å². The summed E-state index contributed by atoms with van der Waals surface area (Å²) in [5.74, 6) is 0.742. The van der Waals surface area contributed by atoms with Crippen LogP contribution in [-0.4, -0.2) is 24.2 Å². The molecule has 0 saturated heterocycles. The second-order valence-electron chi connectivity index (χ2n) is 6.69. The van der Waals surface area contributed by atoms with Gasteiger partial charge in [0.25, 0.3) is 0 Å². The molecule has 0 aromatic carbocycles. The Bertz CT molecular complexity index is 352. The molecule has 0 spiro atoms. The molecule has 0 radical (unpaired) electrons. The van der Waals surface area contributed by atoms with Crippen LogP contribution in [0.15, 0.2) is 4.40 Å². The maximum absolute atomic E-state index is 5.87. The lowest BCUT2D eigenvalue weighted by molar-refractivity contribution is -0.0176. The topological polar surface area (TPSA) is 21.6 Å². The molecular weight excluding hydrogens is 242 g/mol. The molecule has 4 atom stereocenters. The third-order valence-electron chi connectivity index (χ3n) is 5.79. The van der Waals surface area contributed by atoms with Gasteiger partial charge in [0.2, 0.25) is 0 Å². The minimum atomic E-state index is 0.319. The Hall–Kier alpha value is -0.0200. The van der Waals surface area contributed by atoms with Crippen molar-refractivity contribution in [2.45, 2.75) is 65.2 Å². The fourth-order valence-electron chi connectivity index (χ4n) is 3.96. The second-order valence-corrected chi connectivity index (χ2v) is 7.63. The maximum atomic E-state index is 5.87. The number of ether oxygens (including phenoxy) is 1. The highest BCUT2D eigenvalue weighted by Gasteiger charge is 2.66. The summed E-state index contributed by atoms with van der Waals surface area (Å²) in [6.45, 7) is 11.5. The van der Waals surface area contributed by atoms with E-state index in [2.05, 4.69) is 34.6 Å². The molecule has 2 bridgehead atoms. The van der Waals surface area contributed by atoms with E-state index in [1.54, 1.807) is 11.9 Å². The van der Waals surface area contributed by atoms with Crippen LogP contribution < -0.4 is 0 Å². The molecule has 3 heteroatoms. The van der Waals surface area contributed by atoms with Gasteiger partial charge in [-0.25, -0.2) is 4.40 Å². The van der Waals surface area contributed by atoms with Crippen molar-refractivity contribution in [1.29, 1.82) is 0 Å². The lowest BCUT2D eigenvalue weighted by atomic mass is 9.70. The van der Waals surface area contributed by atoms with Crippen LogP contribution in [0.5, 0.6) is 0 Å². The summed E-state index contributed by atoms with van der Waals surface area (Å²) in [5, 5.41) is 0.533. The Labute approximate surface area is 116 Å². The first-order chi connectivity index (χ1) is 8.38. The van der Waals surface area contributed by atoms with Crippen LogP contribution in [0.3, 0.4) is 0 Å². The van der Waals surface area contributed by atoms with Gasteiger partial charge in [-0.05, 0) is 49.5 Å². The van der Waals surface area contributed by atoms with E-state index in [1.807, 2.05) is 7.11 Å². The van der Waals surface area contributed by atoms with Gasteiger partial charge in [0.15, 0.2) is 0 Å². The van der Waals surface area contributed by atoms with Crippen LogP contribution >= 0.6 is 11.9 Å². The number of rotatable bonds is 4. The Morgan fingerprint density at radius 1 is 1.39 bits per heavy atom. The third-order valence-corrected chi connectivity index (χ3v) is 7.03. The Kier molecular flexibility index (Phi) is 3.86. The molecule has 2 aliphatic carbocycles. The molecule has 0 aromatic rings. The number of methoxy groups -OCH3 is 1. The van der Waals surface area contributed by atoms with Crippen LogP contribution in [0.1, 0.15) is 53.9 Å². The molecule has 2 unspecified atom stereocenters. The van der Waals surface area contributed by atoms with Gasteiger partial charge in [-0.2, -0.15) is 0 Å². The normalized spacial score (nSPS) is 42.6. The zero-order valence-electron chi connectivity index (χ0n) is 12.6. The summed E-state index contributed by atoms with van der Waals surface area (Å²) in [4.78, 5) is 0. The zero-order chi connectivity index (χ0) is 13.6. The number of nitrogens with zero attached hydrogens (tertiary/aromatic N) is 1. The van der Waals surface area contributed by atoms with Gasteiger partial charge >= 0.3 is 0 Å². The van der Waals surface area contributed by atoms with E-state index in [4.69, 9.17) is 9.13 Å². The quantitative estimate of drug-likeness (QED) is 0.559. The highest BCUT2D eigenvalue weighted by atomic mass is 32.2. The van der Waals surface area contributed by atoms with Gasteiger partial charge in [0.1, 0.15) is 0 Å². The summed E-state index contributed by atoms with van der Waals surface area (Å²) in [6.07, 6.45) is 4.03. The molecule has 2 rings (SSSR count). The average Bonchev–Trinajstić information content (AvgIpc) is 2.65. The van der Waals surface area contributed by atoms with E-state index in [9.17, 15) is 0 Å². The molecule has 0 amide bonds. The van der Waals surface area contributed by atoms with Gasteiger partial charge in [0, 0.05) is 18.2 Å². The molecule has 104 valence electrons. The van der Waals surface area contributed by atoms with Crippen molar-refractivity contribution in [3.05, 3.63) is 0 Å². The van der Waals surface area contributed by atoms with Gasteiger partial charge in [-0.3, -0.25) is 0 Å². The van der Waals surface area contributed by atoms with Crippen LogP contribution in [0.25, 0.3) is 0 Å². The Balaban J connectivity index is 2.22. The van der Waals surface area contributed by atoms with Crippen molar-refractivity contribution in [2.75, 3.05) is 7.11 Å². The summed E-state index contributed by atoms with van der Waals surface area (Å²) in [5.41, 5.74) is 1.93. The Morgan fingerprint density at radius 3 is 2.61 bits per heavy atom. The largest absolute Gasteiger partial charge is 0.380 e. The lowest BCUT2D eigenvalue weighted by Crippen LogP contribution is -2.39. The van der Waals surface area contributed by atoms with Crippen molar-refractivity contribution < 1.29 is 4.74 Å². The fraction of sp³-hybridized carbons (Fsp3) is 0.933. The van der Waals surface area contributed by atoms with E-state index < -0.39 is 0 Å². The van der Waals surface area contributed by atoms with Crippen molar-refractivity contribution in [3.8, 4) is 0 Å². The predicted molar refractivity (Wildman–Crippen MR) is 80.2 cm³/mol. The molecule has 18 heavy (non-hydrogen) atoms. The zero-order valence-corrected chi connectivity index (χ0v) is 13.4. The van der Waals surface area contributed by atoms with Crippen LogP contribution in [0.2, 0.25) is 0 Å². The van der Waals surface area contributed by atoms with Crippen molar-refractivity contribution in [2.24, 2.45) is 21.1 Å². The minimum absolute atomic E-state index is 0.319. The summed E-state index contributed by atoms with van der Waals surface area (Å²) in [7, 11) is 1.87. The minimum Gasteiger partial charge on any atom is -0.380 e. The van der Waals surface area contributed by atoms with E-state index in [0.29, 0.717) is 22.2 Å². The van der Waals surface area contributed by atoms with E-state index in [0.717, 1.165) is 12.3 Å². The summed E-state index contributed by atoms with van der Waals surface area (Å²) >= 11 is 1.78. The van der Waals surface area contributed by atoms with Crippen LogP contribution in [-0.2, 0) is 4.74 Å². The number of hydrogen-bond acceptors (Lipinski definition) is 3. The molecule has 0 heterocycles. The first kappa shape index (κ1) is 14.4. The molecule has 0 aromatic heterocycles. The highest BCUT2D eigenvalue weighted by molar-refractivity contribution is 7.98.